The zero-order chi connectivity index (χ0) is 17.4. The number of carbonyl (C=O) groups is 3. The Morgan fingerprint density at radius 3 is 2.42 bits per heavy atom. The van der Waals surface area contributed by atoms with Crippen molar-refractivity contribution in [2.24, 2.45) is 23.7 Å². The molecule has 0 aromatic heterocycles. The smallest absolute Gasteiger partial charge is 0.307 e. The highest BCUT2D eigenvalue weighted by Crippen LogP contribution is 2.48. The lowest BCUT2D eigenvalue weighted by molar-refractivity contribution is -0.146. The van der Waals surface area contributed by atoms with Crippen molar-refractivity contribution in [1.29, 1.82) is 0 Å². The summed E-state index contributed by atoms with van der Waals surface area (Å²) in [6.07, 6.45) is 4.57. The highest BCUT2D eigenvalue weighted by Gasteiger charge is 2.51. The van der Waals surface area contributed by atoms with Crippen LogP contribution in [0.15, 0.2) is 30.4 Å². The van der Waals surface area contributed by atoms with Crippen LogP contribution in [0, 0.1) is 30.6 Å². The van der Waals surface area contributed by atoms with Crippen LogP contribution in [-0.4, -0.2) is 29.9 Å². The molecule has 0 aliphatic heterocycles. The predicted octanol–water partition coefficient (Wildman–Crippen LogP) is 1.82. The molecule has 4 atom stereocenters. The molecule has 2 bridgehead atoms. The second kappa shape index (κ2) is 6.11. The standard InChI is InChI=1S/C18H20N2O4/c1-9-12(16(21)19-2)4-3-5-13(9)20-17(22)14-10-6-7-11(8-10)15(14)18(23)24/h3-7,10-11,14-15H,8H2,1-2H3,(H,19,21)(H,20,22)(H,23,24)/t10-,11-,14-,15+/m0/s1. The number of amides is 2. The van der Waals surface area contributed by atoms with Crippen LogP contribution in [0.3, 0.4) is 0 Å². The van der Waals surface area contributed by atoms with Gasteiger partial charge in [0.1, 0.15) is 0 Å². The average Bonchev–Trinajstić information content (AvgIpc) is 3.17. The molecular formula is C18H20N2O4. The minimum absolute atomic E-state index is 0.0291. The molecule has 2 aliphatic carbocycles. The highest BCUT2D eigenvalue weighted by molar-refractivity contribution is 6.00. The van der Waals surface area contributed by atoms with E-state index in [4.69, 9.17) is 0 Å². The molecule has 2 aliphatic rings. The van der Waals surface area contributed by atoms with Crippen LogP contribution < -0.4 is 10.6 Å². The number of hydrogen-bond acceptors (Lipinski definition) is 3. The first-order chi connectivity index (χ1) is 11.4. The van der Waals surface area contributed by atoms with E-state index in [0.717, 1.165) is 0 Å². The first kappa shape index (κ1) is 16.2. The van der Waals surface area contributed by atoms with E-state index < -0.39 is 17.8 Å². The molecule has 1 aromatic carbocycles. The summed E-state index contributed by atoms with van der Waals surface area (Å²) in [5.41, 5.74) is 1.69. The number of carboxylic acids is 1. The third kappa shape index (κ3) is 2.58. The van der Waals surface area contributed by atoms with E-state index in [1.165, 1.54) is 0 Å². The number of fused-ring (bicyclic) bond motifs is 2. The van der Waals surface area contributed by atoms with Gasteiger partial charge in [0, 0.05) is 18.3 Å². The summed E-state index contributed by atoms with van der Waals surface area (Å²) in [5.74, 6) is -2.79. The minimum atomic E-state index is -0.928. The van der Waals surface area contributed by atoms with Crippen LogP contribution in [0.5, 0.6) is 0 Å². The lowest BCUT2D eigenvalue weighted by atomic mass is 9.82. The van der Waals surface area contributed by atoms with E-state index in [9.17, 15) is 19.5 Å². The molecule has 0 saturated heterocycles. The van der Waals surface area contributed by atoms with Gasteiger partial charge in [0.2, 0.25) is 5.91 Å². The number of rotatable bonds is 4. The fourth-order valence-corrected chi connectivity index (χ4v) is 3.88. The molecule has 1 aromatic rings. The van der Waals surface area contributed by atoms with E-state index >= 15 is 0 Å². The van der Waals surface area contributed by atoms with Crippen molar-refractivity contribution in [3.8, 4) is 0 Å². The first-order valence-electron chi connectivity index (χ1n) is 7.97. The molecule has 2 amide bonds. The van der Waals surface area contributed by atoms with E-state index in [-0.39, 0.29) is 23.7 Å². The molecule has 126 valence electrons. The Morgan fingerprint density at radius 2 is 1.79 bits per heavy atom. The third-order valence-corrected chi connectivity index (χ3v) is 5.11. The van der Waals surface area contributed by atoms with Crippen molar-refractivity contribution in [3.05, 3.63) is 41.5 Å². The van der Waals surface area contributed by atoms with Gasteiger partial charge in [0.15, 0.2) is 0 Å². The number of allylic oxidation sites excluding steroid dienone is 2. The number of anilines is 1. The van der Waals surface area contributed by atoms with Crippen LogP contribution >= 0.6 is 0 Å². The van der Waals surface area contributed by atoms with Gasteiger partial charge in [-0.05, 0) is 42.9 Å². The van der Waals surface area contributed by atoms with Gasteiger partial charge < -0.3 is 15.7 Å². The summed E-state index contributed by atoms with van der Waals surface area (Å²) in [4.78, 5) is 36.1. The zero-order valence-electron chi connectivity index (χ0n) is 13.6. The molecule has 6 nitrogen and oxygen atoms in total. The van der Waals surface area contributed by atoms with E-state index in [1.807, 2.05) is 12.2 Å². The molecule has 3 rings (SSSR count). The molecule has 3 N–H and O–H groups in total. The Balaban J connectivity index is 1.84. The quantitative estimate of drug-likeness (QED) is 0.735. The van der Waals surface area contributed by atoms with Crippen LogP contribution in [0.2, 0.25) is 0 Å². The van der Waals surface area contributed by atoms with Gasteiger partial charge in [0.05, 0.1) is 11.8 Å². The number of benzene rings is 1. The van der Waals surface area contributed by atoms with Crippen LogP contribution in [-0.2, 0) is 9.59 Å². The molecule has 0 spiro atoms. The van der Waals surface area contributed by atoms with Gasteiger partial charge in [0.25, 0.3) is 5.91 Å². The maximum Gasteiger partial charge on any atom is 0.307 e. The van der Waals surface area contributed by atoms with Gasteiger partial charge in [-0.25, -0.2) is 0 Å². The van der Waals surface area contributed by atoms with Crippen molar-refractivity contribution < 1.29 is 19.5 Å². The summed E-state index contributed by atoms with van der Waals surface area (Å²) >= 11 is 0. The SMILES string of the molecule is CNC(=O)c1cccc(NC(=O)[C@@H]2[C@H](C(=O)O)[C@H]3C=C[C@H]2C3)c1C. The molecule has 0 unspecified atom stereocenters. The highest BCUT2D eigenvalue weighted by atomic mass is 16.4. The third-order valence-electron chi connectivity index (χ3n) is 5.11. The van der Waals surface area contributed by atoms with Crippen molar-refractivity contribution in [1.82, 2.24) is 5.32 Å². The first-order valence-corrected chi connectivity index (χ1v) is 7.97. The Kier molecular flexibility index (Phi) is 4.13. The normalized spacial score (nSPS) is 27.1. The maximum atomic E-state index is 12.7. The summed E-state index contributed by atoms with van der Waals surface area (Å²) < 4.78 is 0. The van der Waals surface area contributed by atoms with Gasteiger partial charge in [-0.1, -0.05) is 18.2 Å². The number of aliphatic carboxylic acids is 1. The minimum Gasteiger partial charge on any atom is -0.481 e. The fourth-order valence-electron chi connectivity index (χ4n) is 3.88. The monoisotopic (exact) mass is 328 g/mol. The lowest BCUT2D eigenvalue weighted by Crippen LogP contribution is -2.36. The average molecular weight is 328 g/mol. The Bertz CT molecular complexity index is 741. The molecule has 0 radical (unpaired) electrons. The Labute approximate surface area is 139 Å². The molecule has 1 saturated carbocycles. The largest absolute Gasteiger partial charge is 0.481 e. The lowest BCUT2D eigenvalue weighted by Gasteiger charge is -2.24. The topological polar surface area (TPSA) is 95.5 Å². The molecule has 1 fully saturated rings. The second-order valence-electron chi connectivity index (χ2n) is 6.38. The van der Waals surface area contributed by atoms with Gasteiger partial charge in [-0.2, -0.15) is 0 Å². The van der Waals surface area contributed by atoms with Crippen LogP contribution in [0.25, 0.3) is 0 Å². The van der Waals surface area contributed by atoms with E-state index in [2.05, 4.69) is 10.6 Å². The summed E-state index contributed by atoms with van der Waals surface area (Å²) in [5, 5.41) is 14.8. The number of nitrogens with one attached hydrogen (secondary N) is 2. The van der Waals surface area contributed by atoms with E-state index in [1.54, 1.807) is 32.2 Å². The van der Waals surface area contributed by atoms with Crippen molar-refractivity contribution >= 4 is 23.5 Å². The Morgan fingerprint density at radius 1 is 1.12 bits per heavy atom. The zero-order valence-corrected chi connectivity index (χ0v) is 13.6. The summed E-state index contributed by atoms with van der Waals surface area (Å²) in [7, 11) is 1.55. The Hall–Kier alpha value is -2.63. The second-order valence-corrected chi connectivity index (χ2v) is 6.38. The maximum absolute atomic E-state index is 12.7. The predicted molar refractivity (Wildman–Crippen MR) is 88.6 cm³/mol. The summed E-state index contributed by atoms with van der Waals surface area (Å²) in [6.45, 7) is 1.76. The molecule has 6 heteroatoms. The van der Waals surface area contributed by atoms with E-state index in [0.29, 0.717) is 23.2 Å². The van der Waals surface area contributed by atoms with Crippen molar-refractivity contribution in [2.75, 3.05) is 12.4 Å². The van der Waals surface area contributed by atoms with Crippen molar-refractivity contribution in [2.45, 2.75) is 13.3 Å². The molecular weight excluding hydrogens is 308 g/mol. The van der Waals surface area contributed by atoms with Gasteiger partial charge >= 0.3 is 5.97 Å². The van der Waals surface area contributed by atoms with Crippen molar-refractivity contribution in [3.63, 3.8) is 0 Å². The number of carbonyl (C=O) groups excluding carboxylic acids is 2. The van der Waals surface area contributed by atoms with Gasteiger partial charge in [-0.3, -0.25) is 14.4 Å². The van der Waals surface area contributed by atoms with Gasteiger partial charge in [-0.15, -0.1) is 0 Å². The summed E-state index contributed by atoms with van der Waals surface area (Å²) in [6, 6.07) is 5.10. The molecule has 24 heavy (non-hydrogen) atoms. The number of carboxylic acid groups (broad SMARTS) is 1. The fraction of sp³-hybridized carbons (Fsp3) is 0.389. The van der Waals surface area contributed by atoms with Crippen LogP contribution in [0.4, 0.5) is 5.69 Å². The van der Waals surface area contributed by atoms with Crippen LogP contribution in [0.1, 0.15) is 22.3 Å². The number of hydrogen-bond donors (Lipinski definition) is 3. The molecule has 0 heterocycles.